The summed E-state index contributed by atoms with van der Waals surface area (Å²) in [5.41, 5.74) is 2.36. The van der Waals surface area contributed by atoms with Crippen molar-refractivity contribution in [2.24, 2.45) is 4.99 Å². The molecule has 0 aromatic heterocycles. The molecule has 0 aliphatic carbocycles. The van der Waals surface area contributed by atoms with Gasteiger partial charge in [-0.1, -0.05) is 54.6 Å². The second-order valence-corrected chi connectivity index (χ2v) is 4.28. The summed E-state index contributed by atoms with van der Waals surface area (Å²) in [6.45, 7) is 1.93. The van der Waals surface area contributed by atoms with Crippen molar-refractivity contribution in [3.8, 4) is 0 Å². The van der Waals surface area contributed by atoms with Crippen LogP contribution < -0.4 is 0 Å². The normalized spacial score (nSPS) is 22.1. The topological polar surface area (TPSA) is 32.6 Å². The first-order valence-corrected chi connectivity index (χ1v) is 5.66. The van der Waals surface area contributed by atoms with E-state index in [-0.39, 0.29) is 0 Å². The SMILES string of the molecule is CC1=NC(O)(c2ccccc2)c2ccccc21. The maximum absolute atomic E-state index is 10.8. The summed E-state index contributed by atoms with van der Waals surface area (Å²) in [6.07, 6.45) is 0. The summed E-state index contributed by atoms with van der Waals surface area (Å²) < 4.78 is 0. The van der Waals surface area contributed by atoms with Gasteiger partial charge in [0, 0.05) is 22.4 Å². The van der Waals surface area contributed by atoms with Crippen molar-refractivity contribution in [2.75, 3.05) is 0 Å². The van der Waals surface area contributed by atoms with E-state index in [1.807, 2.05) is 61.5 Å². The highest BCUT2D eigenvalue weighted by Gasteiger charge is 2.37. The van der Waals surface area contributed by atoms with Crippen LogP contribution in [0.25, 0.3) is 0 Å². The first kappa shape index (κ1) is 10.2. The third kappa shape index (κ3) is 1.41. The molecule has 1 heterocycles. The Balaban J connectivity index is 2.24. The number of aliphatic imine (C=N–C) groups is 1. The van der Waals surface area contributed by atoms with Crippen LogP contribution in [0.4, 0.5) is 0 Å². The van der Waals surface area contributed by atoms with Gasteiger partial charge in [-0.3, -0.25) is 0 Å². The molecule has 0 saturated heterocycles. The van der Waals surface area contributed by atoms with E-state index in [4.69, 9.17) is 0 Å². The number of benzene rings is 2. The van der Waals surface area contributed by atoms with Crippen LogP contribution in [-0.2, 0) is 5.72 Å². The predicted octanol–water partition coefficient (Wildman–Crippen LogP) is 2.70. The molecule has 0 bridgehead atoms. The van der Waals surface area contributed by atoms with Crippen LogP contribution in [0.15, 0.2) is 59.6 Å². The second kappa shape index (κ2) is 3.54. The number of hydrogen-bond acceptors (Lipinski definition) is 2. The van der Waals surface area contributed by atoms with E-state index in [0.29, 0.717) is 0 Å². The first-order valence-electron chi connectivity index (χ1n) is 5.66. The Labute approximate surface area is 100 Å². The van der Waals surface area contributed by atoms with Crippen molar-refractivity contribution >= 4 is 5.71 Å². The Morgan fingerprint density at radius 3 is 2.35 bits per heavy atom. The zero-order valence-corrected chi connectivity index (χ0v) is 9.59. The van der Waals surface area contributed by atoms with Crippen LogP contribution in [0.1, 0.15) is 23.6 Å². The Morgan fingerprint density at radius 1 is 0.941 bits per heavy atom. The number of aliphatic hydroxyl groups is 1. The highest BCUT2D eigenvalue weighted by atomic mass is 16.3. The fourth-order valence-corrected chi connectivity index (χ4v) is 2.36. The van der Waals surface area contributed by atoms with E-state index in [9.17, 15) is 5.11 Å². The van der Waals surface area contributed by atoms with Gasteiger partial charge in [0.2, 0.25) is 5.72 Å². The van der Waals surface area contributed by atoms with Crippen LogP contribution in [0.2, 0.25) is 0 Å². The summed E-state index contributed by atoms with van der Waals surface area (Å²) in [5, 5.41) is 10.8. The lowest BCUT2D eigenvalue weighted by atomic mass is 9.93. The van der Waals surface area contributed by atoms with Crippen LogP contribution in [0.5, 0.6) is 0 Å². The van der Waals surface area contributed by atoms with Crippen LogP contribution in [0, 0.1) is 0 Å². The van der Waals surface area contributed by atoms with Crippen molar-refractivity contribution in [3.05, 3.63) is 71.3 Å². The van der Waals surface area contributed by atoms with Crippen molar-refractivity contribution < 1.29 is 5.11 Å². The van der Waals surface area contributed by atoms with Crippen LogP contribution >= 0.6 is 0 Å². The molecule has 0 spiro atoms. The van der Waals surface area contributed by atoms with E-state index in [1.54, 1.807) is 0 Å². The molecule has 0 fully saturated rings. The Morgan fingerprint density at radius 2 is 1.59 bits per heavy atom. The molecular formula is C15H13NO. The van der Waals surface area contributed by atoms with Gasteiger partial charge >= 0.3 is 0 Å². The molecule has 84 valence electrons. The molecule has 2 aromatic carbocycles. The van der Waals surface area contributed by atoms with Crippen LogP contribution in [-0.4, -0.2) is 10.8 Å². The Bertz CT molecular complexity index is 589. The fraction of sp³-hybridized carbons (Fsp3) is 0.133. The summed E-state index contributed by atoms with van der Waals surface area (Å²) in [7, 11) is 0. The highest BCUT2D eigenvalue weighted by molar-refractivity contribution is 6.03. The average molecular weight is 223 g/mol. The quantitative estimate of drug-likeness (QED) is 0.792. The molecule has 2 nitrogen and oxygen atoms in total. The molecule has 0 saturated carbocycles. The van der Waals surface area contributed by atoms with E-state index >= 15 is 0 Å². The zero-order chi connectivity index (χ0) is 11.9. The van der Waals surface area contributed by atoms with Crippen molar-refractivity contribution in [2.45, 2.75) is 12.6 Å². The standard InChI is InChI=1S/C15H13NO/c1-11-13-9-5-6-10-14(13)15(17,16-11)12-7-3-2-4-8-12/h2-10,17H,1H3. The molecule has 2 heteroatoms. The summed E-state index contributed by atoms with van der Waals surface area (Å²) in [6, 6.07) is 17.4. The minimum Gasteiger partial charge on any atom is -0.362 e. The third-order valence-corrected chi connectivity index (χ3v) is 3.20. The summed E-state index contributed by atoms with van der Waals surface area (Å²) >= 11 is 0. The van der Waals surface area contributed by atoms with Gasteiger partial charge in [-0.15, -0.1) is 0 Å². The van der Waals surface area contributed by atoms with Gasteiger partial charge in [-0.25, -0.2) is 4.99 Å². The van der Waals surface area contributed by atoms with Gasteiger partial charge in [0.15, 0.2) is 0 Å². The third-order valence-electron chi connectivity index (χ3n) is 3.20. The monoisotopic (exact) mass is 223 g/mol. The zero-order valence-electron chi connectivity index (χ0n) is 9.59. The van der Waals surface area contributed by atoms with Crippen LogP contribution in [0.3, 0.4) is 0 Å². The molecule has 1 aliphatic rings. The molecule has 1 atom stereocenters. The highest BCUT2D eigenvalue weighted by Crippen LogP contribution is 2.38. The molecule has 0 amide bonds. The van der Waals surface area contributed by atoms with Gasteiger partial charge in [0.25, 0.3) is 0 Å². The maximum Gasteiger partial charge on any atom is 0.209 e. The smallest absolute Gasteiger partial charge is 0.209 e. The first-order chi connectivity index (χ1) is 8.22. The van der Waals surface area contributed by atoms with Gasteiger partial charge in [-0.2, -0.15) is 0 Å². The van der Waals surface area contributed by atoms with E-state index in [0.717, 1.165) is 22.4 Å². The van der Waals surface area contributed by atoms with Crippen molar-refractivity contribution in [1.82, 2.24) is 0 Å². The summed E-state index contributed by atoms with van der Waals surface area (Å²) in [4.78, 5) is 4.43. The minimum atomic E-state index is -1.22. The molecule has 3 rings (SSSR count). The lowest BCUT2D eigenvalue weighted by molar-refractivity contribution is 0.0950. The Hall–Kier alpha value is -1.93. The Kier molecular flexibility index (Phi) is 2.13. The molecule has 2 aromatic rings. The van der Waals surface area contributed by atoms with Gasteiger partial charge in [0.1, 0.15) is 0 Å². The molecular weight excluding hydrogens is 210 g/mol. The van der Waals surface area contributed by atoms with Gasteiger partial charge in [-0.05, 0) is 6.92 Å². The second-order valence-electron chi connectivity index (χ2n) is 4.28. The largest absolute Gasteiger partial charge is 0.362 e. The van der Waals surface area contributed by atoms with E-state index < -0.39 is 5.72 Å². The van der Waals surface area contributed by atoms with E-state index in [1.165, 1.54) is 0 Å². The van der Waals surface area contributed by atoms with E-state index in [2.05, 4.69) is 4.99 Å². The fourth-order valence-electron chi connectivity index (χ4n) is 2.36. The predicted molar refractivity (Wildman–Crippen MR) is 68.1 cm³/mol. The van der Waals surface area contributed by atoms with Crippen molar-refractivity contribution in [3.63, 3.8) is 0 Å². The van der Waals surface area contributed by atoms with Crippen molar-refractivity contribution in [1.29, 1.82) is 0 Å². The number of rotatable bonds is 1. The minimum absolute atomic E-state index is 0.810. The number of fused-ring (bicyclic) bond motifs is 1. The average Bonchev–Trinajstić information content (AvgIpc) is 2.65. The maximum atomic E-state index is 10.8. The summed E-state index contributed by atoms with van der Waals surface area (Å²) in [5.74, 6) is 0. The lowest BCUT2D eigenvalue weighted by Crippen LogP contribution is -2.22. The molecule has 17 heavy (non-hydrogen) atoms. The molecule has 1 unspecified atom stereocenters. The molecule has 0 radical (unpaired) electrons. The van der Waals surface area contributed by atoms with Gasteiger partial charge in [0.05, 0.1) is 0 Å². The number of hydrogen-bond donors (Lipinski definition) is 1. The molecule has 1 N–H and O–H groups in total. The van der Waals surface area contributed by atoms with Gasteiger partial charge < -0.3 is 5.11 Å². The lowest BCUT2D eigenvalue weighted by Gasteiger charge is -2.21. The number of nitrogens with zero attached hydrogens (tertiary/aromatic N) is 1. The molecule has 1 aliphatic heterocycles.